The summed E-state index contributed by atoms with van der Waals surface area (Å²) < 4.78 is 0. The highest BCUT2D eigenvalue weighted by Gasteiger charge is 2.22. The third-order valence-electron chi connectivity index (χ3n) is 3.22. The molecule has 3 N–H and O–H groups in total. The topological polar surface area (TPSA) is 97.8 Å². The molecule has 2 rings (SSSR count). The number of carboxylic acids is 1. The van der Waals surface area contributed by atoms with Gasteiger partial charge in [0.15, 0.2) is 5.13 Å². The van der Waals surface area contributed by atoms with Crippen LogP contribution in [-0.4, -0.2) is 27.9 Å². The van der Waals surface area contributed by atoms with Crippen LogP contribution in [0.15, 0.2) is 10.5 Å². The summed E-state index contributed by atoms with van der Waals surface area (Å²) in [5.74, 6) is -0.449. The Morgan fingerprint density at radius 2 is 2.21 bits per heavy atom. The zero-order valence-corrected chi connectivity index (χ0v) is 11.5. The fourth-order valence-electron chi connectivity index (χ4n) is 2.05. The Balaban J connectivity index is 2.03. The van der Waals surface area contributed by atoms with E-state index in [1.54, 1.807) is 5.38 Å². The summed E-state index contributed by atoms with van der Waals surface area (Å²) in [7, 11) is 0. The number of thiazole rings is 1. The molecule has 1 heterocycles. The lowest BCUT2D eigenvalue weighted by Gasteiger charge is -2.24. The van der Waals surface area contributed by atoms with Gasteiger partial charge in [-0.2, -0.15) is 0 Å². The van der Waals surface area contributed by atoms with Gasteiger partial charge in [0.2, 0.25) is 5.71 Å². The van der Waals surface area contributed by atoms with Crippen molar-refractivity contribution in [2.45, 2.75) is 38.7 Å². The molecule has 1 aliphatic carbocycles. The Bertz CT molecular complexity index is 478. The summed E-state index contributed by atoms with van der Waals surface area (Å²) >= 11 is 1.18. The minimum absolute atomic E-state index is 0.00142. The molecule has 1 fully saturated rings. The summed E-state index contributed by atoms with van der Waals surface area (Å²) in [5.41, 5.74) is 5.55. The van der Waals surface area contributed by atoms with Gasteiger partial charge in [0.05, 0.1) is 0 Å². The molecule has 0 atom stereocenters. The molecule has 0 bridgehead atoms. The fraction of sp³-hybridized carbons (Fsp3) is 0.583. The molecular weight excluding hydrogens is 266 g/mol. The van der Waals surface area contributed by atoms with Crippen molar-refractivity contribution in [1.29, 1.82) is 0 Å². The molecule has 0 spiro atoms. The first kappa shape index (κ1) is 13.8. The lowest BCUT2D eigenvalue weighted by atomic mass is 9.89. The van der Waals surface area contributed by atoms with Crippen LogP contribution in [-0.2, 0) is 9.63 Å². The largest absolute Gasteiger partial charge is 0.476 e. The maximum atomic E-state index is 11.1. The molecule has 7 heteroatoms. The predicted molar refractivity (Wildman–Crippen MR) is 73.2 cm³/mol. The van der Waals surface area contributed by atoms with Gasteiger partial charge >= 0.3 is 5.97 Å². The molecule has 0 amide bonds. The van der Waals surface area contributed by atoms with Crippen LogP contribution in [0.4, 0.5) is 5.13 Å². The average Bonchev–Trinajstić information content (AvgIpc) is 2.78. The van der Waals surface area contributed by atoms with Crippen LogP contribution in [0.2, 0.25) is 0 Å². The number of carboxylic acid groups (broad SMARTS) is 1. The molecular formula is C12H17N3O3S. The van der Waals surface area contributed by atoms with E-state index >= 15 is 0 Å². The quantitative estimate of drug-likeness (QED) is 0.651. The van der Waals surface area contributed by atoms with E-state index in [1.165, 1.54) is 11.3 Å². The molecule has 19 heavy (non-hydrogen) atoms. The number of aliphatic carboxylic acids is 1. The number of oxime groups is 1. The fourth-order valence-corrected chi connectivity index (χ4v) is 2.60. The monoisotopic (exact) mass is 283 g/mol. The molecule has 0 unspecified atom stereocenters. The first-order valence-electron chi connectivity index (χ1n) is 6.24. The van der Waals surface area contributed by atoms with Crippen molar-refractivity contribution < 1.29 is 14.7 Å². The molecule has 1 aliphatic rings. The van der Waals surface area contributed by atoms with Gasteiger partial charge in [0.1, 0.15) is 11.8 Å². The molecule has 1 aromatic rings. The number of nitrogens with two attached hydrogens (primary N) is 1. The van der Waals surface area contributed by atoms with E-state index in [0.29, 0.717) is 11.0 Å². The Labute approximate surface area is 115 Å². The molecule has 0 saturated heterocycles. The Morgan fingerprint density at radius 1 is 1.53 bits per heavy atom. The SMILES string of the molecule is C[C@H]1CC[C@@H](ON=C(C(=O)O)c2csc(N)n2)CC1. The smallest absolute Gasteiger partial charge is 0.360 e. The van der Waals surface area contributed by atoms with Crippen molar-refractivity contribution in [2.75, 3.05) is 5.73 Å². The van der Waals surface area contributed by atoms with Crippen LogP contribution in [0.3, 0.4) is 0 Å². The number of nitrogen functional groups attached to an aromatic ring is 1. The molecule has 0 radical (unpaired) electrons. The van der Waals surface area contributed by atoms with Gasteiger partial charge in [-0.25, -0.2) is 9.78 Å². The zero-order valence-electron chi connectivity index (χ0n) is 10.7. The molecule has 0 aromatic carbocycles. The van der Waals surface area contributed by atoms with E-state index in [1.807, 2.05) is 0 Å². The number of rotatable bonds is 4. The first-order chi connectivity index (χ1) is 9.06. The van der Waals surface area contributed by atoms with Crippen molar-refractivity contribution in [3.8, 4) is 0 Å². The van der Waals surface area contributed by atoms with Crippen molar-refractivity contribution in [3.05, 3.63) is 11.1 Å². The van der Waals surface area contributed by atoms with Crippen molar-refractivity contribution in [2.24, 2.45) is 11.1 Å². The van der Waals surface area contributed by atoms with E-state index in [2.05, 4.69) is 17.1 Å². The van der Waals surface area contributed by atoms with Crippen LogP contribution in [0, 0.1) is 5.92 Å². The van der Waals surface area contributed by atoms with Crippen LogP contribution in [0.1, 0.15) is 38.3 Å². The van der Waals surface area contributed by atoms with Gasteiger partial charge in [0, 0.05) is 5.38 Å². The van der Waals surface area contributed by atoms with Gasteiger partial charge < -0.3 is 15.7 Å². The predicted octanol–water partition coefficient (Wildman–Crippen LogP) is 2.11. The van der Waals surface area contributed by atoms with E-state index in [-0.39, 0.29) is 17.5 Å². The number of nitrogens with zero attached hydrogens (tertiary/aromatic N) is 2. The minimum atomic E-state index is -1.16. The molecule has 0 aliphatic heterocycles. The third-order valence-corrected chi connectivity index (χ3v) is 3.90. The standard InChI is InChI=1S/C12H17N3O3S/c1-7-2-4-8(5-3-7)18-15-10(11(16)17)9-6-19-12(13)14-9/h6-8H,2-5H2,1H3,(H2,13,14)(H,16,17)/t7-,8+. The molecule has 104 valence electrons. The van der Waals surface area contributed by atoms with Crippen LogP contribution in [0.25, 0.3) is 0 Å². The Morgan fingerprint density at radius 3 is 2.74 bits per heavy atom. The second-order valence-corrected chi connectivity index (χ2v) is 5.69. The maximum absolute atomic E-state index is 11.1. The van der Waals surface area contributed by atoms with Crippen LogP contribution >= 0.6 is 11.3 Å². The van der Waals surface area contributed by atoms with E-state index < -0.39 is 5.97 Å². The summed E-state index contributed by atoms with van der Waals surface area (Å²) in [6.07, 6.45) is 4.01. The zero-order chi connectivity index (χ0) is 13.8. The first-order valence-corrected chi connectivity index (χ1v) is 7.12. The summed E-state index contributed by atoms with van der Waals surface area (Å²) in [5, 5.41) is 14.8. The molecule has 1 saturated carbocycles. The molecule has 6 nitrogen and oxygen atoms in total. The van der Waals surface area contributed by atoms with Gasteiger partial charge in [-0.1, -0.05) is 12.1 Å². The number of aromatic nitrogens is 1. The highest BCUT2D eigenvalue weighted by Crippen LogP contribution is 2.25. The normalized spacial score (nSPS) is 24.2. The van der Waals surface area contributed by atoms with Gasteiger partial charge in [-0.3, -0.25) is 0 Å². The average molecular weight is 283 g/mol. The van der Waals surface area contributed by atoms with Crippen molar-refractivity contribution in [1.82, 2.24) is 4.98 Å². The number of hydrogen-bond acceptors (Lipinski definition) is 6. The number of carbonyl (C=O) groups is 1. The molecule has 1 aromatic heterocycles. The van der Waals surface area contributed by atoms with Crippen LogP contribution in [0.5, 0.6) is 0 Å². The summed E-state index contributed by atoms with van der Waals surface area (Å²) in [6, 6.07) is 0. The third kappa shape index (κ3) is 3.66. The lowest BCUT2D eigenvalue weighted by molar-refractivity contribution is -0.129. The van der Waals surface area contributed by atoms with Gasteiger partial charge in [-0.15, -0.1) is 11.3 Å². The highest BCUT2D eigenvalue weighted by molar-refractivity contribution is 7.13. The second kappa shape index (κ2) is 6.01. The van der Waals surface area contributed by atoms with E-state index in [4.69, 9.17) is 15.7 Å². The maximum Gasteiger partial charge on any atom is 0.360 e. The second-order valence-electron chi connectivity index (χ2n) is 4.80. The van der Waals surface area contributed by atoms with E-state index in [9.17, 15) is 4.79 Å². The number of anilines is 1. The summed E-state index contributed by atoms with van der Waals surface area (Å²) in [4.78, 5) is 20.4. The van der Waals surface area contributed by atoms with E-state index in [0.717, 1.165) is 25.7 Å². The van der Waals surface area contributed by atoms with Gasteiger partial charge in [-0.05, 0) is 31.6 Å². The number of hydrogen-bond donors (Lipinski definition) is 2. The lowest BCUT2D eigenvalue weighted by Crippen LogP contribution is -2.21. The van der Waals surface area contributed by atoms with Crippen molar-refractivity contribution in [3.63, 3.8) is 0 Å². The Kier molecular flexibility index (Phi) is 4.36. The Hall–Kier alpha value is -1.63. The minimum Gasteiger partial charge on any atom is -0.476 e. The van der Waals surface area contributed by atoms with Gasteiger partial charge in [0.25, 0.3) is 0 Å². The highest BCUT2D eigenvalue weighted by atomic mass is 32.1. The van der Waals surface area contributed by atoms with Crippen LogP contribution < -0.4 is 5.73 Å². The summed E-state index contributed by atoms with van der Waals surface area (Å²) in [6.45, 7) is 2.21. The van der Waals surface area contributed by atoms with Crippen molar-refractivity contribution >= 4 is 28.1 Å².